The molecule has 2 bridgehead atoms. The Morgan fingerprint density at radius 3 is 2.26 bits per heavy atom. The monoisotopic (exact) mass is 259 g/mol. The third kappa shape index (κ3) is 2.32. The molecular formula is C17H25NO. The molecule has 0 radical (unpaired) electrons. The number of hydrogen-bond donors (Lipinski definition) is 1. The van der Waals surface area contributed by atoms with E-state index in [-0.39, 0.29) is 0 Å². The average molecular weight is 259 g/mol. The van der Waals surface area contributed by atoms with E-state index in [9.17, 15) is 5.11 Å². The standard InChI is InChI=1S/C17H25NO/c1-3-4-13-5-7-14(8-6-13)17(19)11-15-9-10-16(12-17)18(15)2/h5-8,15-16,19H,3-4,9-12H2,1-2H3. The lowest BCUT2D eigenvalue weighted by molar-refractivity contribution is -0.0493. The highest BCUT2D eigenvalue weighted by Crippen LogP contribution is 2.44. The van der Waals surface area contributed by atoms with Gasteiger partial charge in [-0.25, -0.2) is 0 Å². The Balaban J connectivity index is 1.81. The van der Waals surface area contributed by atoms with E-state index in [0.717, 1.165) is 24.8 Å². The van der Waals surface area contributed by atoms with Crippen LogP contribution in [0.5, 0.6) is 0 Å². The molecule has 1 aromatic rings. The number of benzene rings is 1. The molecule has 0 spiro atoms. The van der Waals surface area contributed by atoms with Crippen molar-refractivity contribution < 1.29 is 5.11 Å². The van der Waals surface area contributed by atoms with Crippen LogP contribution < -0.4 is 0 Å². The summed E-state index contributed by atoms with van der Waals surface area (Å²) in [7, 11) is 2.21. The zero-order chi connectivity index (χ0) is 13.5. The predicted octanol–water partition coefficient (Wildman–Crippen LogP) is 3.08. The topological polar surface area (TPSA) is 23.5 Å². The highest BCUT2D eigenvalue weighted by atomic mass is 16.3. The third-order valence-corrected chi connectivity index (χ3v) is 5.16. The fourth-order valence-electron chi connectivity index (χ4n) is 3.95. The van der Waals surface area contributed by atoms with Crippen LogP contribution in [0.15, 0.2) is 24.3 Å². The number of nitrogens with zero attached hydrogens (tertiary/aromatic N) is 1. The first-order chi connectivity index (χ1) is 9.12. The predicted molar refractivity (Wildman–Crippen MR) is 78.1 cm³/mol. The molecule has 2 aliphatic heterocycles. The molecule has 0 saturated carbocycles. The molecule has 0 aliphatic carbocycles. The van der Waals surface area contributed by atoms with E-state index < -0.39 is 5.60 Å². The van der Waals surface area contributed by atoms with Gasteiger partial charge in [0.15, 0.2) is 0 Å². The van der Waals surface area contributed by atoms with Gasteiger partial charge >= 0.3 is 0 Å². The van der Waals surface area contributed by atoms with Gasteiger partial charge < -0.3 is 10.0 Å². The molecule has 104 valence electrons. The summed E-state index contributed by atoms with van der Waals surface area (Å²) in [6, 6.07) is 9.82. The summed E-state index contributed by atoms with van der Waals surface area (Å²) in [5, 5.41) is 11.0. The number of piperidine rings is 1. The highest BCUT2D eigenvalue weighted by molar-refractivity contribution is 5.29. The summed E-state index contributed by atoms with van der Waals surface area (Å²) in [6.45, 7) is 2.20. The van der Waals surface area contributed by atoms with Crippen LogP contribution >= 0.6 is 0 Å². The maximum atomic E-state index is 11.0. The van der Waals surface area contributed by atoms with Crippen molar-refractivity contribution in [2.45, 2.75) is 63.1 Å². The maximum Gasteiger partial charge on any atom is 0.0926 e. The number of aliphatic hydroxyl groups is 1. The van der Waals surface area contributed by atoms with Crippen LogP contribution in [0.25, 0.3) is 0 Å². The van der Waals surface area contributed by atoms with Crippen LogP contribution in [0.2, 0.25) is 0 Å². The fraction of sp³-hybridized carbons (Fsp3) is 0.647. The number of aryl methyl sites for hydroxylation is 1. The molecule has 2 nitrogen and oxygen atoms in total. The van der Waals surface area contributed by atoms with Gasteiger partial charge in [-0.15, -0.1) is 0 Å². The van der Waals surface area contributed by atoms with Crippen LogP contribution in [0.1, 0.15) is 50.2 Å². The lowest BCUT2D eigenvalue weighted by Gasteiger charge is -2.42. The second kappa shape index (κ2) is 4.92. The Labute approximate surface area is 116 Å². The second-order valence-corrected chi connectivity index (χ2v) is 6.44. The summed E-state index contributed by atoms with van der Waals surface area (Å²) in [5.41, 5.74) is 1.91. The Hall–Kier alpha value is -0.860. The smallest absolute Gasteiger partial charge is 0.0926 e. The zero-order valence-electron chi connectivity index (χ0n) is 12.1. The molecule has 2 unspecified atom stereocenters. The SMILES string of the molecule is CCCc1ccc(C2(O)CC3CCC(C2)N3C)cc1. The minimum absolute atomic E-state index is 0.569. The van der Waals surface area contributed by atoms with Crippen molar-refractivity contribution in [2.24, 2.45) is 0 Å². The van der Waals surface area contributed by atoms with E-state index in [1.165, 1.54) is 24.8 Å². The average Bonchev–Trinajstić information content (AvgIpc) is 2.63. The van der Waals surface area contributed by atoms with Gasteiger partial charge in [0.25, 0.3) is 0 Å². The molecule has 2 heteroatoms. The largest absolute Gasteiger partial charge is 0.385 e. The fourth-order valence-corrected chi connectivity index (χ4v) is 3.95. The minimum atomic E-state index is -0.594. The molecule has 3 rings (SSSR count). The summed E-state index contributed by atoms with van der Waals surface area (Å²) in [4.78, 5) is 2.47. The molecule has 1 N–H and O–H groups in total. The molecular weight excluding hydrogens is 234 g/mol. The van der Waals surface area contributed by atoms with E-state index >= 15 is 0 Å². The highest BCUT2D eigenvalue weighted by Gasteiger charge is 2.46. The van der Waals surface area contributed by atoms with Crippen LogP contribution in [0.3, 0.4) is 0 Å². The summed E-state index contributed by atoms with van der Waals surface area (Å²) < 4.78 is 0. The summed E-state index contributed by atoms with van der Waals surface area (Å²) >= 11 is 0. The van der Waals surface area contributed by atoms with Gasteiger partial charge in [-0.3, -0.25) is 0 Å². The molecule has 1 aromatic carbocycles. The molecule has 2 saturated heterocycles. The van der Waals surface area contributed by atoms with Crippen molar-refractivity contribution in [2.75, 3.05) is 7.05 Å². The van der Waals surface area contributed by atoms with Crippen LogP contribution in [0.4, 0.5) is 0 Å². The third-order valence-electron chi connectivity index (χ3n) is 5.16. The molecule has 0 aromatic heterocycles. The molecule has 2 fully saturated rings. The van der Waals surface area contributed by atoms with Crippen molar-refractivity contribution in [3.8, 4) is 0 Å². The van der Waals surface area contributed by atoms with Gasteiger partial charge in [0.2, 0.25) is 0 Å². The van der Waals surface area contributed by atoms with E-state index in [0.29, 0.717) is 12.1 Å². The lowest BCUT2D eigenvalue weighted by atomic mass is 9.80. The number of fused-ring (bicyclic) bond motifs is 2. The Morgan fingerprint density at radius 1 is 1.16 bits per heavy atom. The van der Waals surface area contributed by atoms with Crippen LogP contribution in [-0.2, 0) is 12.0 Å². The normalized spacial score (nSPS) is 34.7. The van der Waals surface area contributed by atoms with E-state index in [4.69, 9.17) is 0 Å². The molecule has 2 atom stereocenters. The molecule has 19 heavy (non-hydrogen) atoms. The first-order valence-electron chi connectivity index (χ1n) is 7.66. The van der Waals surface area contributed by atoms with Crippen LogP contribution in [-0.4, -0.2) is 29.1 Å². The quantitative estimate of drug-likeness (QED) is 0.901. The Bertz CT molecular complexity index is 425. The second-order valence-electron chi connectivity index (χ2n) is 6.44. The van der Waals surface area contributed by atoms with Gasteiger partial charge in [0, 0.05) is 12.1 Å². The van der Waals surface area contributed by atoms with Gasteiger partial charge in [0.1, 0.15) is 0 Å². The Morgan fingerprint density at radius 2 is 1.74 bits per heavy atom. The number of rotatable bonds is 3. The van der Waals surface area contributed by atoms with Crippen molar-refractivity contribution in [1.82, 2.24) is 4.90 Å². The summed E-state index contributed by atoms with van der Waals surface area (Å²) in [6.07, 6.45) is 6.60. The summed E-state index contributed by atoms with van der Waals surface area (Å²) in [5.74, 6) is 0. The molecule has 2 aliphatic rings. The molecule has 2 heterocycles. The van der Waals surface area contributed by atoms with Crippen molar-refractivity contribution in [1.29, 1.82) is 0 Å². The van der Waals surface area contributed by atoms with E-state index in [1.807, 2.05) is 0 Å². The van der Waals surface area contributed by atoms with E-state index in [1.54, 1.807) is 0 Å². The van der Waals surface area contributed by atoms with Crippen LogP contribution in [0, 0.1) is 0 Å². The van der Waals surface area contributed by atoms with E-state index in [2.05, 4.69) is 43.1 Å². The molecule has 0 amide bonds. The first-order valence-corrected chi connectivity index (χ1v) is 7.66. The zero-order valence-corrected chi connectivity index (χ0v) is 12.1. The van der Waals surface area contributed by atoms with Gasteiger partial charge in [-0.1, -0.05) is 37.6 Å². The van der Waals surface area contributed by atoms with Gasteiger partial charge in [-0.05, 0) is 50.3 Å². The van der Waals surface area contributed by atoms with Crippen molar-refractivity contribution in [3.63, 3.8) is 0 Å². The number of hydrogen-bond acceptors (Lipinski definition) is 2. The van der Waals surface area contributed by atoms with Gasteiger partial charge in [-0.2, -0.15) is 0 Å². The Kier molecular flexibility index (Phi) is 3.40. The lowest BCUT2D eigenvalue weighted by Crippen LogP contribution is -2.47. The van der Waals surface area contributed by atoms with Gasteiger partial charge in [0.05, 0.1) is 5.60 Å². The minimum Gasteiger partial charge on any atom is -0.385 e. The van der Waals surface area contributed by atoms with Crippen molar-refractivity contribution >= 4 is 0 Å². The van der Waals surface area contributed by atoms with Crippen molar-refractivity contribution in [3.05, 3.63) is 35.4 Å². The first kappa shape index (κ1) is 13.1. The maximum absolute atomic E-state index is 11.0.